The number of halogens is 1. The molecule has 4 heteroatoms. The number of ether oxygens (including phenoxy) is 1. The van der Waals surface area contributed by atoms with Crippen molar-refractivity contribution in [1.82, 2.24) is 0 Å². The van der Waals surface area contributed by atoms with E-state index in [9.17, 15) is 0 Å². The van der Waals surface area contributed by atoms with Crippen LogP contribution in [0.1, 0.15) is 23.8 Å². The van der Waals surface area contributed by atoms with Gasteiger partial charge >= 0.3 is 0 Å². The maximum absolute atomic E-state index is 6.23. The second-order valence-electron chi connectivity index (χ2n) is 4.47. The molecule has 1 unspecified atom stereocenters. The van der Waals surface area contributed by atoms with Gasteiger partial charge in [-0.3, -0.25) is 0 Å². The highest BCUT2D eigenvalue weighted by molar-refractivity contribution is 7.09. The maximum Gasteiger partial charge on any atom is 0.141 e. The lowest BCUT2D eigenvalue weighted by atomic mass is 10.0. The van der Waals surface area contributed by atoms with Crippen molar-refractivity contribution in [1.29, 1.82) is 0 Å². The fourth-order valence-corrected chi connectivity index (χ4v) is 2.71. The van der Waals surface area contributed by atoms with Crippen molar-refractivity contribution in [3.63, 3.8) is 0 Å². The number of benzene rings is 1. The maximum atomic E-state index is 6.23. The van der Waals surface area contributed by atoms with Gasteiger partial charge in [-0.1, -0.05) is 36.7 Å². The van der Waals surface area contributed by atoms with E-state index in [0.717, 1.165) is 24.2 Å². The molecule has 0 bridgehead atoms. The Hall–Kier alpha value is -1.03. The summed E-state index contributed by atoms with van der Waals surface area (Å²) in [4.78, 5) is 1.19. The van der Waals surface area contributed by atoms with Crippen LogP contribution in [0.2, 0.25) is 5.02 Å². The third kappa shape index (κ3) is 3.96. The van der Waals surface area contributed by atoms with Gasteiger partial charge in [-0.25, -0.2) is 0 Å². The molecule has 0 saturated heterocycles. The first-order valence-electron chi connectivity index (χ1n) is 6.39. The average Bonchev–Trinajstić information content (AvgIpc) is 2.91. The first kappa shape index (κ1) is 14.4. The number of hydrogen-bond acceptors (Lipinski definition) is 3. The third-order valence-corrected chi connectivity index (χ3v) is 4.14. The molecular weight excluding hydrogens is 278 g/mol. The van der Waals surface area contributed by atoms with Crippen LogP contribution in [0.5, 0.6) is 5.75 Å². The van der Waals surface area contributed by atoms with Gasteiger partial charge in [0.25, 0.3) is 0 Å². The van der Waals surface area contributed by atoms with Crippen molar-refractivity contribution in [2.75, 3.05) is 0 Å². The molecule has 1 aromatic carbocycles. The molecule has 102 valence electrons. The predicted octanol–water partition coefficient (Wildman–Crippen LogP) is 4.26. The Balaban J connectivity index is 2.13. The van der Waals surface area contributed by atoms with Crippen LogP contribution >= 0.6 is 22.9 Å². The van der Waals surface area contributed by atoms with Crippen molar-refractivity contribution >= 4 is 22.9 Å². The van der Waals surface area contributed by atoms with Gasteiger partial charge < -0.3 is 10.5 Å². The van der Waals surface area contributed by atoms with Crippen molar-refractivity contribution in [3.8, 4) is 5.75 Å². The van der Waals surface area contributed by atoms with E-state index in [1.807, 2.05) is 29.6 Å². The third-order valence-electron chi connectivity index (χ3n) is 2.99. The minimum absolute atomic E-state index is 0.141. The summed E-state index contributed by atoms with van der Waals surface area (Å²) in [6.45, 7) is 2.64. The first-order chi connectivity index (χ1) is 9.20. The highest BCUT2D eigenvalue weighted by Gasteiger charge is 2.11. The van der Waals surface area contributed by atoms with Gasteiger partial charge in [0.1, 0.15) is 12.4 Å². The zero-order valence-corrected chi connectivity index (χ0v) is 12.5. The summed E-state index contributed by atoms with van der Waals surface area (Å²) in [5, 5.41) is 2.69. The van der Waals surface area contributed by atoms with Crippen LogP contribution < -0.4 is 10.5 Å². The van der Waals surface area contributed by atoms with Crippen molar-refractivity contribution < 1.29 is 4.74 Å². The van der Waals surface area contributed by atoms with E-state index in [1.165, 1.54) is 4.88 Å². The molecule has 0 radical (unpaired) electrons. The van der Waals surface area contributed by atoms with Gasteiger partial charge in [0.2, 0.25) is 0 Å². The standard InChI is InChI=1S/C15H18ClNOS/c1-2-12(17)9-11-5-3-7-14(16)15(11)18-10-13-6-4-8-19-13/h3-8,12H,2,9-10,17H2,1H3. The van der Waals surface area contributed by atoms with Gasteiger partial charge in [-0.05, 0) is 35.9 Å². The Labute approximate surface area is 123 Å². The second kappa shape index (κ2) is 6.94. The molecule has 2 N–H and O–H groups in total. The summed E-state index contributed by atoms with van der Waals surface area (Å²) in [6.07, 6.45) is 1.73. The molecule has 0 spiro atoms. The normalized spacial score (nSPS) is 12.4. The molecule has 1 atom stereocenters. The number of hydrogen-bond donors (Lipinski definition) is 1. The molecule has 0 aliphatic heterocycles. The van der Waals surface area contributed by atoms with Gasteiger partial charge in [-0.15, -0.1) is 11.3 Å². The monoisotopic (exact) mass is 295 g/mol. The van der Waals surface area contributed by atoms with Crippen molar-refractivity contribution in [2.24, 2.45) is 5.73 Å². The van der Waals surface area contributed by atoms with Crippen LogP contribution in [0.25, 0.3) is 0 Å². The smallest absolute Gasteiger partial charge is 0.141 e. The van der Waals surface area contributed by atoms with Crippen LogP contribution in [-0.4, -0.2) is 6.04 Å². The van der Waals surface area contributed by atoms with Gasteiger partial charge in [0, 0.05) is 10.9 Å². The number of thiophene rings is 1. The first-order valence-corrected chi connectivity index (χ1v) is 7.64. The SMILES string of the molecule is CCC(N)Cc1cccc(Cl)c1OCc1cccs1. The molecule has 0 amide bonds. The van der Waals surface area contributed by atoms with Crippen LogP contribution in [0.3, 0.4) is 0 Å². The molecule has 0 fully saturated rings. The molecule has 2 rings (SSSR count). The summed E-state index contributed by atoms with van der Waals surface area (Å²) < 4.78 is 5.88. The second-order valence-corrected chi connectivity index (χ2v) is 5.91. The lowest BCUT2D eigenvalue weighted by molar-refractivity contribution is 0.306. The molecule has 1 heterocycles. The number of nitrogens with two attached hydrogens (primary N) is 1. The van der Waals surface area contributed by atoms with Gasteiger partial charge in [-0.2, -0.15) is 0 Å². The van der Waals surface area contributed by atoms with E-state index < -0.39 is 0 Å². The molecule has 2 aromatic rings. The summed E-state index contributed by atoms with van der Waals surface area (Å²) in [5.41, 5.74) is 7.10. The van der Waals surface area contributed by atoms with E-state index in [-0.39, 0.29) is 6.04 Å². The van der Waals surface area contributed by atoms with Crippen molar-refractivity contribution in [2.45, 2.75) is 32.4 Å². The van der Waals surface area contributed by atoms with Crippen LogP contribution in [0.15, 0.2) is 35.7 Å². The zero-order chi connectivity index (χ0) is 13.7. The summed E-state index contributed by atoms with van der Waals surface area (Å²) in [7, 11) is 0. The zero-order valence-electron chi connectivity index (χ0n) is 10.9. The van der Waals surface area contributed by atoms with E-state index >= 15 is 0 Å². The summed E-state index contributed by atoms with van der Waals surface area (Å²) in [5.74, 6) is 0.765. The van der Waals surface area contributed by atoms with E-state index in [0.29, 0.717) is 11.6 Å². The molecule has 19 heavy (non-hydrogen) atoms. The Kier molecular flexibility index (Phi) is 5.25. The number of rotatable bonds is 6. The number of para-hydroxylation sites is 1. The Morgan fingerprint density at radius 2 is 2.16 bits per heavy atom. The lowest BCUT2D eigenvalue weighted by Gasteiger charge is -2.15. The highest BCUT2D eigenvalue weighted by atomic mass is 35.5. The van der Waals surface area contributed by atoms with Crippen LogP contribution in [0, 0.1) is 0 Å². The summed E-state index contributed by atoms with van der Waals surface area (Å²) in [6, 6.07) is 10.0. The van der Waals surface area contributed by atoms with E-state index in [1.54, 1.807) is 11.3 Å². The Morgan fingerprint density at radius 3 is 2.84 bits per heavy atom. The fourth-order valence-electron chi connectivity index (χ4n) is 1.84. The van der Waals surface area contributed by atoms with Crippen molar-refractivity contribution in [3.05, 3.63) is 51.2 Å². The average molecular weight is 296 g/mol. The quantitative estimate of drug-likeness (QED) is 0.864. The molecular formula is C15H18ClNOS. The highest BCUT2D eigenvalue weighted by Crippen LogP contribution is 2.30. The van der Waals surface area contributed by atoms with Crippen LogP contribution in [-0.2, 0) is 13.0 Å². The Morgan fingerprint density at radius 1 is 1.32 bits per heavy atom. The molecule has 0 aliphatic rings. The minimum Gasteiger partial charge on any atom is -0.486 e. The lowest BCUT2D eigenvalue weighted by Crippen LogP contribution is -2.21. The largest absolute Gasteiger partial charge is 0.486 e. The van der Waals surface area contributed by atoms with Gasteiger partial charge in [0.15, 0.2) is 0 Å². The minimum atomic E-state index is 0.141. The molecule has 0 aliphatic carbocycles. The Bertz CT molecular complexity index is 513. The molecule has 2 nitrogen and oxygen atoms in total. The topological polar surface area (TPSA) is 35.2 Å². The fraction of sp³-hybridized carbons (Fsp3) is 0.333. The van der Waals surface area contributed by atoms with Gasteiger partial charge in [0.05, 0.1) is 5.02 Å². The molecule has 1 aromatic heterocycles. The van der Waals surface area contributed by atoms with E-state index in [2.05, 4.69) is 13.0 Å². The predicted molar refractivity (Wildman–Crippen MR) is 82.1 cm³/mol. The van der Waals surface area contributed by atoms with E-state index in [4.69, 9.17) is 22.1 Å². The molecule has 0 saturated carbocycles. The van der Waals surface area contributed by atoms with Crippen LogP contribution in [0.4, 0.5) is 0 Å². The summed E-state index contributed by atoms with van der Waals surface area (Å²) >= 11 is 7.91.